The van der Waals surface area contributed by atoms with E-state index in [0.29, 0.717) is 10.8 Å². The van der Waals surface area contributed by atoms with Crippen molar-refractivity contribution in [3.8, 4) is 5.75 Å². The summed E-state index contributed by atoms with van der Waals surface area (Å²) >= 11 is 5.83. The zero-order chi connectivity index (χ0) is 18.2. The highest BCUT2D eigenvalue weighted by Gasteiger charge is 2.12. The summed E-state index contributed by atoms with van der Waals surface area (Å²) in [4.78, 5) is 23.6. The van der Waals surface area contributed by atoms with Gasteiger partial charge in [-0.1, -0.05) is 41.9 Å². The van der Waals surface area contributed by atoms with Crippen molar-refractivity contribution in [3.63, 3.8) is 0 Å². The molecule has 1 N–H and O–H groups in total. The molecule has 0 aliphatic carbocycles. The van der Waals surface area contributed by atoms with Crippen LogP contribution < -0.4 is 10.1 Å². The monoisotopic (exact) mass is 361 g/mol. The molecule has 0 saturated carbocycles. The molecular weight excluding hydrogens is 342 g/mol. The van der Waals surface area contributed by atoms with Crippen LogP contribution in [0.1, 0.15) is 24.1 Å². The fraction of sp³-hybridized carbons (Fsp3) is 0.263. The number of ether oxygens (including phenoxy) is 2. The topological polar surface area (TPSA) is 64.6 Å². The van der Waals surface area contributed by atoms with E-state index >= 15 is 0 Å². The lowest BCUT2D eigenvalue weighted by atomic mass is 10.1. The summed E-state index contributed by atoms with van der Waals surface area (Å²) in [6.07, 6.45) is 0. The first-order valence-corrected chi connectivity index (χ1v) is 8.22. The normalized spacial score (nSPS) is 11.5. The van der Waals surface area contributed by atoms with Gasteiger partial charge in [0.25, 0.3) is 5.91 Å². The van der Waals surface area contributed by atoms with Crippen LogP contribution in [0.4, 0.5) is 0 Å². The number of hydrogen-bond acceptors (Lipinski definition) is 4. The van der Waals surface area contributed by atoms with Gasteiger partial charge in [-0.2, -0.15) is 0 Å². The third-order valence-electron chi connectivity index (χ3n) is 3.55. The lowest BCUT2D eigenvalue weighted by Gasteiger charge is -2.14. The first-order chi connectivity index (χ1) is 12.0. The summed E-state index contributed by atoms with van der Waals surface area (Å²) in [5.41, 5.74) is 1.83. The smallest absolute Gasteiger partial charge is 0.344 e. The second-order valence-corrected chi connectivity index (χ2v) is 5.99. The van der Waals surface area contributed by atoms with Gasteiger partial charge < -0.3 is 14.8 Å². The van der Waals surface area contributed by atoms with E-state index in [0.717, 1.165) is 11.1 Å². The fourth-order valence-corrected chi connectivity index (χ4v) is 2.29. The second-order valence-electron chi connectivity index (χ2n) is 5.56. The quantitative estimate of drug-likeness (QED) is 0.767. The summed E-state index contributed by atoms with van der Waals surface area (Å²) in [7, 11) is 0. The Bertz CT molecular complexity index is 730. The van der Waals surface area contributed by atoms with Crippen LogP contribution in [0.25, 0.3) is 0 Å². The fourth-order valence-electron chi connectivity index (χ4n) is 2.16. The predicted octanol–water partition coefficient (Wildman–Crippen LogP) is 3.45. The highest BCUT2D eigenvalue weighted by Crippen LogP contribution is 2.16. The van der Waals surface area contributed by atoms with Gasteiger partial charge in [0.1, 0.15) is 5.75 Å². The van der Waals surface area contributed by atoms with Gasteiger partial charge in [0.15, 0.2) is 13.2 Å². The van der Waals surface area contributed by atoms with Crippen LogP contribution in [0, 0.1) is 6.92 Å². The molecule has 5 nitrogen and oxygen atoms in total. The van der Waals surface area contributed by atoms with Crippen LogP contribution in [0.3, 0.4) is 0 Å². The Hall–Kier alpha value is -2.53. The number of amides is 1. The van der Waals surface area contributed by atoms with Crippen molar-refractivity contribution in [1.82, 2.24) is 5.32 Å². The third kappa shape index (κ3) is 6.12. The minimum absolute atomic E-state index is 0.216. The number of aryl methyl sites for hydroxylation is 1. The number of nitrogens with one attached hydrogen (secondary N) is 1. The average molecular weight is 362 g/mol. The molecule has 0 saturated heterocycles. The summed E-state index contributed by atoms with van der Waals surface area (Å²) in [6, 6.07) is 14.3. The summed E-state index contributed by atoms with van der Waals surface area (Å²) in [5, 5.41) is 3.38. The number of carbonyl (C=O) groups is 2. The number of para-hydroxylation sites is 1. The Morgan fingerprint density at radius 1 is 1.08 bits per heavy atom. The highest BCUT2D eigenvalue weighted by atomic mass is 35.5. The van der Waals surface area contributed by atoms with Crippen molar-refractivity contribution in [2.24, 2.45) is 0 Å². The van der Waals surface area contributed by atoms with Gasteiger partial charge in [-0.3, -0.25) is 4.79 Å². The molecule has 132 valence electrons. The van der Waals surface area contributed by atoms with Gasteiger partial charge >= 0.3 is 5.97 Å². The van der Waals surface area contributed by atoms with E-state index in [-0.39, 0.29) is 25.2 Å². The zero-order valence-electron chi connectivity index (χ0n) is 14.1. The Balaban J connectivity index is 1.73. The average Bonchev–Trinajstić information content (AvgIpc) is 2.59. The van der Waals surface area contributed by atoms with Crippen LogP contribution in [0.2, 0.25) is 5.02 Å². The number of carbonyl (C=O) groups excluding carboxylic acids is 2. The van der Waals surface area contributed by atoms with Crippen molar-refractivity contribution < 1.29 is 19.1 Å². The molecule has 0 fully saturated rings. The molecular formula is C19H20ClNO4. The summed E-state index contributed by atoms with van der Waals surface area (Å²) in [5.74, 6) is -0.371. The Morgan fingerprint density at radius 2 is 1.76 bits per heavy atom. The molecule has 0 heterocycles. The molecule has 6 heteroatoms. The lowest BCUT2D eigenvalue weighted by molar-refractivity contribution is -0.150. The van der Waals surface area contributed by atoms with Crippen LogP contribution >= 0.6 is 11.6 Å². The van der Waals surface area contributed by atoms with Gasteiger partial charge in [-0.25, -0.2) is 4.79 Å². The van der Waals surface area contributed by atoms with E-state index in [1.807, 2.05) is 44.2 Å². The molecule has 0 aliphatic rings. The number of esters is 1. The minimum atomic E-state index is -0.599. The summed E-state index contributed by atoms with van der Waals surface area (Å²) in [6.45, 7) is 3.12. The first-order valence-electron chi connectivity index (χ1n) is 7.84. The van der Waals surface area contributed by atoms with Crippen molar-refractivity contribution in [1.29, 1.82) is 0 Å². The van der Waals surface area contributed by atoms with Crippen LogP contribution in [0.15, 0.2) is 48.5 Å². The number of hydrogen-bond donors (Lipinski definition) is 1. The van der Waals surface area contributed by atoms with E-state index in [4.69, 9.17) is 21.1 Å². The van der Waals surface area contributed by atoms with Gasteiger partial charge in [0.2, 0.25) is 0 Å². The van der Waals surface area contributed by atoms with Crippen LogP contribution in [-0.4, -0.2) is 25.1 Å². The maximum absolute atomic E-state index is 11.9. The van der Waals surface area contributed by atoms with Crippen molar-refractivity contribution in [2.45, 2.75) is 19.9 Å². The van der Waals surface area contributed by atoms with Gasteiger partial charge in [-0.05, 0) is 43.2 Å². The molecule has 0 bridgehead atoms. The molecule has 2 rings (SSSR count). The second kappa shape index (κ2) is 9.08. The van der Waals surface area contributed by atoms with Crippen molar-refractivity contribution >= 4 is 23.5 Å². The Labute approximate surface area is 151 Å². The molecule has 1 atom stereocenters. The van der Waals surface area contributed by atoms with Crippen molar-refractivity contribution in [2.75, 3.05) is 13.2 Å². The SMILES string of the molecule is Cc1ccccc1OCC(=O)OCC(=O)N[C@@H](C)c1ccc(Cl)cc1. The molecule has 2 aromatic rings. The van der Waals surface area contributed by atoms with Gasteiger partial charge in [0.05, 0.1) is 6.04 Å². The van der Waals surface area contributed by atoms with E-state index < -0.39 is 5.97 Å². The minimum Gasteiger partial charge on any atom is -0.482 e. The van der Waals surface area contributed by atoms with E-state index in [1.165, 1.54) is 0 Å². The van der Waals surface area contributed by atoms with Crippen LogP contribution in [-0.2, 0) is 14.3 Å². The van der Waals surface area contributed by atoms with Gasteiger partial charge in [-0.15, -0.1) is 0 Å². The first kappa shape index (κ1) is 18.8. The maximum atomic E-state index is 11.9. The molecule has 0 unspecified atom stereocenters. The molecule has 0 aliphatic heterocycles. The Kier molecular flexibility index (Phi) is 6.83. The van der Waals surface area contributed by atoms with E-state index in [9.17, 15) is 9.59 Å². The predicted molar refractivity (Wildman–Crippen MR) is 95.6 cm³/mol. The molecule has 0 spiro atoms. The number of benzene rings is 2. The van der Waals surface area contributed by atoms with E-state index in [2.05, 4.69) is 5.32 Å². The summed E-state index contributed by atoms with van der Waals surface area (Å²) < 4.78 is 10.3. The number of rotatable bonds is 7. The van der Waals surface area contributed by atoms with Crippen molar-refractivity contribution in [3.05, 3.63) is 64.7 Å². The highest BCUT2D eigenvalue weighted by molar-refractivity contribution is 6.30. The number of halogens is 1. The zero-order valence-corrected chi connectivity index (χ0v) is 14.9. The molecule has 1 amide bonds. The van der Waals surface area contributed by atoms with Crippen LogP contribution in [0.5, 0.6) is 5.75 Å². The standard InChI is InChI=1S/C19H20ClNO4/c1-13-5-3-4-6-17(13)24-12-19(23)25-11-18(22)21-14(2)15-7-9-16(20)10-8-15/h3-10,14H,11-12H2,1-2H3,(H,21,22)/t14-/m0/s1. The lowest BCUT2D eigenvalue weighted by Crippen LogP contribution is -2.31. The molecule has 0 aromatic heterocycles. The maximum Gasteiger partial charge on any atom is 0.344 e. The van der Waals surface area contributed by atoms with E-state index in [1.54, 1.807) is 18.2 Å². The Morgan fingerprint density at radius 3 is 2.44 bits per heavy atom. The van der Waals surface area contributed by atoms with Gasteiger partial charge in [0, 0.05) is 5.02 Å². The largest absolute Gasteiger partial charge is 0.482 e. The molecule has 2 aromatic carbocycles. The molecule has 25 heavy (non-hydrogen) atoms. The molecule has 0 radical (unpaired) electrons. The third-order valence-corrected chi connectivity index (χ3v) is 3.80.